The van der Waals surface area contributed by atoms with Crippen LogP contribution in [0.2, 0.25) is 0 Å². The molecule has 0 saturated heterocycles. The fraction of sp³-hybridized carbons (Fsp3) is 0.211. The maximum atomic E-state index is 11.7. The molecular formula is C19H18N2O4. The monoisotopic (exact) mass is 338 g/mol. The summed E-state index contributed by atoms with van der Waals surface area (Å²) in [6.45, 7) is 1.74. The van der Waals surface area contributed by atoms with Gasteiger partial charge in [0.15, 0.2) is 6.61 Å². The number of hydrogen-bond acceptors (Lipinski definition) is 5. The van der Waals surface area contributed by atoms with Crippen molar-refractivity contribution in [3.8, 4) is 11.8 Å². The van der Waals surface area contributed by atoms with Crippen LogP contribution in [0, 0.1) is 18.3 Å². The SMILES string of the molecule is Cc1cccc(OCCC(=O)OCC(=O)Nc2cccc(C#N)c2)c1. The van der Waals surface area contributed by atoms with E-state index >= 15 is 0 Å². The lowest BCUT2D eigenvalue weighted by Crippen LogP contribution is -2.21. The first-order chi connectivity index (χ1) is 12.1. The normalized spacial score (nSPS) is 9.76. The average Bonchev–Trinajstić information content (AvgIpc) is 2.60. The van der Waals surface area contributed by atoms with Crippen molar-refractivity contribution in [3.63, 3.8) is 0 Å². The number of ether oxygens (including phenoxy) is 2. The van der Waals surface area contributed by atoms with Crippen molar-refractivity contribution < 1.29 is 19.1 Å². The minimum atomic E-state index is -0.520. The summed E-state index contributed by atoms with van der Waals surface area (Å²) in [6, 6.07) is 15.9. The van der Waals surface area contributed by atoms with Gasteiger partial charge in [0.25, 0.3) is 5.91 Å². The Labute approximate surface area is 146 Å². The van der Waals surface area contributed by atoms with Gasteiger partial charge in [0.1, 0.15) is 5.75 Å². The number of nitrogens with one attached hydrogen (secondary N) is 1. The summed E-state index contributed by atoms with van der Waals surface area (Å²) in [5.74, 6) is -0.306. The van der Waals surface area contributed by atoms with Crippen LogP contribution in [0.15, 0.2) is 48.5 Å². The third-order valence-corrected chi connectivity index (χ3v) is 3.20. The number of aryl methyl sites for hydroxylation is 1. The van der Waals surface area contributed by atoms with E-state index in [2.05, 4.69) is 5.32 Å². The number of carbonyl (C=O) groups is 2. The highest BCUT2D eigenvalue weighted by Gasteiger charge is 2.08. The van der Waals surface area contributed by atoms with E-state index in [-0.39, 0.29) is 19.6 Å². The molecule has 0 aliphatic heterocycles. The molecule has 25 heavy (non-hydrogen) atoms. The number of rotatable bonds is 7. The Bertz CT molecular complexity index is 796. The topological polar surface area (TPSA) is 88.4 Å². The first-order valence-corrected chi connectivity index (χ1v) is 7.72. The van der Waals surface area contributed by atoms with E-state index in [1.54, 1.807) is 24.3 Å². The van der Waals surface area contributed by atoms with Crippen LogP contribution >= 0.6 is 0 Å². The van der Waals surface area contributed by atoms with Crippen molar-refractivity contribution in [3.05, 3.63) is 59.7 Å². The summed E-state index contributed by atoms with van der Waals surface area (Å²) in [4.78, 5) is 23.4. The first-order valence-electron chi connectivity index (χ1n) is 7.72. The molecule has 0 heterocycles. The summed E-state index contributed by atoms with van der Waals surface area (Å²) in [6.07, 6.45) is 0.0468. The molecule has 2 rings (SSSR count). The van der Waals surface area contributed by atoms with E-state index in [1.165, 1.54) is 6.07 Å². The van der Waals surface area contributed by atoms with E-state index in [1.807, 2.05) is 31.2 Å². The molecule has 6 nitrogen and oxygen atoms in total. The third kappa shape index (κ3) is 6.36. The van der Waals surface area contributed by atoms with E-state index in [0.717, 1.165) is 5.56 Å². The molecule has 2 aromatic rings. The molecule has 2 aromatic carbocycles. The molecule has 0 fully saturated rings. The molecule has 0 spiro atoms. The van der Waals surface area contributed by atoms with E-state index < -0.39 is 11.9 Å². The summed E-state index contributed by atoms with van der Waals surface area (Å²) in [5, 5.41) is 11.4. The lowest BCUT2D eigenvalue weighted by Gasteiger charge is -2.08. The number of hydrogen-bond donors (Lipinski definition) is 1. The molecule has 0 radical (unpaired) electrons. The van der Waals surface area contributed by atoms with Gasteiger partial charge in [-0.15, -0.1) is 0 Å². The van der Waals surface area contributed by atoms with Crippen LogP contribution in [0.3, 0.4) is 0 Å². The lowest BCUT2D eigenvalue weighted by atomic mass is 10.2. The zero-order valence-corrected chi connectivity index (χ0v) is 13.8. The van der Waals surface area contributed by atoms with Gasteiger partial charge in [-0.2, -0.15) is 5.26 Å². The second-order valence-electron chi connectivity index (χ2n) is 5.32. The van der Waals surface area contributed by atoms with Gasteiger partial charge in [-0.3, -0.25) is 9.59 Å². The first kappa shape index (κ1) is 18.0. The number of nitriles is 1. The predicted molar refractivity (Wildman–Crippen MR) is 92.0 cm³/mol. The van der Waals surface area contributed by atoms with Crippen LogP contribution in [0.5, 0.6) is 5.75 Å². The number of carbonyl (C=O) groups excluding carboxylic acids is 2. The highest BCUT2D eigenvalue weighted by atomic mass is 16.5. The molecule has 1 N–H and O–H groups in total. The highest BCUT2D eigenvalue weighted by molar-refractivity contribution is 5.92. The average molecular weight is 338 g/mol. The van der Waals surface area contributed by atoms with E-state index in [9.17, 15) is 9.59 Å². The number of benzene rings is 2. The summed E-state index contributed by atoms with van der Waals surface area (Å²) in [5.41, 5.74) is 1.98. The van der Waals surface area contributed by atoms with Crippen LogP contribution in [-0.4, -0.2) is 25.1 Å². The van der Waals surface area contributed by atoms with Gasteiger partial charge >= 0.3 is 5.97 Å². The molecule has 6 heteroatoms. The smallest absolute Gasteiger partial charge is 0.309 e. The molecule has 1 amide bonds. The minimum Gasteiger partial charge on any atom is -0.493 e. The number of anilines is 1. The van der Waals surface area contributed by atoms with Crippen LogP contribution in [0.4, 0.5) is 5.69 Å². The van der Waals surface area contributed by atoms with Gasteiger partial charge in [-0.1, -0.05) is 18.2 Å². The van der Waals surface area contributed by atoms with Gasteiger partial charge in [-0.05, 0) is 42.8 Å². The van der Waals surface area contributed by atoms with Gasteiger partial charge < -0.3 is 14.8 Å². The lowest BCUT2D eigenvalue weighted by molar-refractivity contribution is -0.147. The maximum absolute atomic E-state index is 11.7. The van der Waals surface area contributed by atoms with Crippen molar-refractivity contribution in [2.75, 3.05) is 18.5 Å². The zero-order chi connectivity index (χ0) is 18.1. The molecule has 128 valence electrons. The van der Waals surface area contributed by atoms with Crippen LogP contribution in [-0.2, 0) is 14.3 Å². The zero-order valence-electron chi connectivity index (χ0n) is 13.8. The molecule has 0 aromatic heterocycles. The Balaban J connectivity index is 1.68. The Hall–Kier alpha value is -3.33. The predicted octanol–water partition coefficient (Wildman–Crippen LogP) is 2.82. The van der Waals surface area contributed by atoms with E-state index in [0.29, 0.717) is 17.0 Å². The molecule has 0 aliphatic carbocycles. The summed E-state index contributed by atoms with van der Waals surface area (Å²) in [7, 11) is 0. The Morgan fingerprint density at radius 1 is 1.16 bits per heavy atom. The van der Waals surface area contributed by atoms with E-state index in [4.69, 9.17) is 14.7 Å². The van der Waals surface area contributed by atoms with Gasteiger partial charge in [0, 0.05) is 5.69 Å². The fourth-order valence-corrected chi connectivity index (χ4v) is 2.04. The summed E-state index contributed by atoms with van der Waals surface area (Å²) >= 11 is 0. The van der Waals surface area contributed by atoms with Crippen LogP contribution < -0.4 is 10.1 Å². The Morgan fingerprint density at radius 3 is 2.72 bits per heavy atom. The molecule has 0 aliphatic rings. The van der Waals surface area contributed by atoms with Crippen LogP contribution in [0.1, 0.15) is 17.5 Å². The molecule has 0 unspecified atom stereocenters. The number of esters is 1. The highest BCUT2D eigenvalue weighted by Crippen LogP contribution is 2.12. The molecule has 0 bridgehead atoms. The van der Waals surface area contributed by atoms with Crippen molar-refractivity contribution in [2.24, 2.45) is 0 Å². The molecular weight excluding hydrogens is 320 g/mol. The van der Waals surface area contributed by atoms with Gasteiger partial charge in [0.05, 0.1) is 24.7 Å². The summed E-state index contributed by atoms with van der Waals surface area (Å²) < 4.78 is 10.4. The Morgan fingerprint density at radius 2 is 1.96 bits per heavy atom. The second-order valence-corrected chi connectivity index (χ2v) is 5.32. The van der Waals surface area contributed by atoms with Crippen LogP contribution in [0.25, 0.3) is 0 Å². The number of amides is 1. The van der Waals surface area contributed by atoms with Crippen molar-refractivity contribution >= 4 is 17.6 Å². The third-order valence-electron chi connectivity index (χ3n) is 3.20. The largest absolute Gasteiger partial charge is 0.493 e. The van der Waals surface area contributed by atoms with Gasteiger partial charge in [0.2, 0.25) is 0 Å². The Kier molecular flexibility index (Phi) is 6.55. The van der Waals surface area contributed by atoms with Crippen molar-refractivity contribution in [1.82, 2.24) is 0 Å². The minimum absolute atomic E-state index is 0.0468. The van der Waals surface area contributed by atoms with Crippen molar-refractivity contribution in [2.45, 2.75) is 13.3 Å². The fourth-order valence-electron chi connectivity index (χ4n) is 2.04. The maximum Gasteiger partial charge on any atom is 0.309 e. The number of nitrogens with zero attached hydrogens (tertiary/aromatic N) is 1. The molecule has 0 atom stereocenters. The van der Waals surface area contributed by atoms with Crippen molar-refractivity contribution in [1.29, 1.82) is 5.26 Å². The molecule has 0 saturated carbocycles. The second kappa shape index (κ2) is 9.08. The van der Waals surface area contributed by atoms with Gasteiger partial charge in [-0.25, -0.2) is 0 Å². The quantitative estimate of drug-likeness (QED) is 0.784. The standard InChI is InChI=1S/C19H18N2O4/c1-14-4-2-7-17(10-14)24-9-8-19(23)25-13-18(22)21-16-6-3-5-15(11-16)12-20/h2-7,10-11H,8-9,13H2,1H3,(H,21,22).